The summed E-state index contributed by atoms with van der Waals surface area (Å²) in [5.41, 5.74) is 1.08. The molecule has 5 nitrogen and oxygen atoms in total. The average molecular weight is 274 g/mol. The number of hydrogen-bond donors (Lipinski definition) is 3. The van der Waals surface area contributed by atoms with Crippen LogP contribution in [0.15, 0.2) is 10.8 Å². The highest BCUT2D eigenvalue weighted by atomic mass is 79.9. The molecule has 1 fully saturated rings. The van der Waals surface area contributed by atoms with Crippen LogP contribution in [0.25, 0.3) is 0 Å². The van der Waals surface area contributed by atoms with Crippen molar-refractivity contribution in [2.24, 2.45) is 0 Å². The summed E-state index contributed by atoms with van der Waals surface area (Å²) in [7, 11) is 0. The Morgan fingerprint density at radius 2 is 2.13 bits per heavy atom. The van der Waals surface area contributed by atoms with E-state index in [2.05, 4.69) is 31.1 Å². The van der Waals surface area contributed by atoms with Crippen LogP contribution in [0, 0.1) is 0 Å². The van der Waals surface area contributed by atoms with Gasteiger partial charge in [-0.15, -0.1) is 0 Å². The molecule has 1 saturated heterocycles. The van der Waals surface area contributed by atoms with E-state index in [-0.39, 0.29) is 0 Å². The number of piperazine rings is 1. The van der Waals surface area contributed by atoms with Gasteiger partial charge in [-0.1, -0.05) is 0 Å². The van der Waals surface area contributed by atoms with E-state index >= 15 is 0 Å². The molecule has 0 amide bonds. The van der Waals surface area contributed by atoms with E-state index in [0.717, 1.165) is 36.5 Å². The monoisotopic (exact) mass is 273 g/mol. The van der Waals surface area contributed by atoms with Crippen LogP contribution in [-0.4, -0.2) is 42.2 Å². The van der Waals surface area contributed by atoms with E-state index < -0.39 is 5.97 Å². The highest BCUT2D eigenvalue weighted by Gasteiger charge is 2.22. The minimum Gasteiger partial charge on any atom is -0.478 e. The van der Waals surface area contributed by atoms with Crippen LogP contribution in [0.5, 0.6) is 0 Å². The number of carbonyl (C=O) groups is 1. The summed E-state index contributed by atoms with van der Waals surface area (Å²) in [5.74, 6) is -0.898. The first-order valence-corrected chi connectivity index (χ1v) is 5.55. The third-order valence-corrected chi connectivity index (χ3v) is 3.07. The third-order valence-electron chi connectivity index (χ3n) is 2.47. The van der Waals surface area contributed by atoms with Crippen LogP contribution in [0.1, 0.15) is 10.4 Å². The summed E-state index contributed by atoms with van der Waals surface area (Å²) >= 11 is 3.34. The molecule has 1 aliphatic heterocycles. The molecular weight excluding hydrogens is 262 g/mol. The number of nitrogens with one attached hydrogen (secondary N) is 2. The molecule has 0 spiro atoms. The van der Waals surface area contributed by atoms with E-state index in [1.807, 2.05) is 0 Å². The van der Waals surface area contributed by atoms with Gasteiger partial charge in [-0.2, -0.15) is 0 Å². The van der Waals surface area contributed by atoms with Crippen LogP contribution in [0.3, 0.4) is 0 Å². The summed E-state index contributed by atoms with van der Waals surface area (Å²) in [5, 5.41) is 12.3. The lowest BCUT2D eigenvalue weighted by atomic mass is 10.2. The second kappa shape index (κ2) is 4.24. The molecule has 6 heteroatoms. The van der Waals surface area contributed by atoms with Gasteiger partial charge in [-0.25, -0.2) is 4.79 Å². The molecule has 1 aromatic heterocycles. The molecular formula is C9H12BrN3O2. The Labute approximate surface area is 95.6 Å². The summed E-state index contributed by atoms with van der Waals surface area (Å²) in [6, 6.07) is 0. The highest BCUT2D eigenvalue weighted by Crippen LogP contribution is 2.29. The first-order chi connectivity index (χ1) is 7.20. The topological polar surface area (TPSA) is 68.4 Å². The van der Waals surface area contributed by atoms with Crippen LogP contribution in [0.4, 0.5) is 5.69 Å². The van der Waals surface area contributed by atoms with Crippen molar-refractivity contribution in [3.63, 3.8) is 0 Å². The Kier molecular flexibility index (Phi) is 2.97. The molecule has 2 rings (SSSR count). The van der Waals surface area contributed by atoms with E-state index in [9.17, 15) is 4.79 Å². The van der Waals surface area contributed by atoms with Gasteiger partial charge in [-0.3, -0.25) is 0 Å². The molecule has 0 unspecified atom stereocenters. The normalized spacial score (nSPS) is 16.7. The van der Waals surface area contributed by atoms with Crippen molar-refractivity contribution < 1.29 is 9.90 Å². The number of aromatic carboxylic acids is 1. The van der Waals surface area contributed by atoms with Gasteiger partial charge < -0.3 is 20.3 Å². The molecule has 82 valence electrons. The highest BCUT2D eigenvalue weighted by molar-refractivity contribution is 9.10. The van der Waals surface area contributed by atoms with Crippen molar-refractivity contribution in [2.75, 3.05) is 31.1 Å². The molecule has 0 atom stereocenters. The minimum atomic E-state index is -0.898. The molecule has 2 heterocycles. The molecule has 1 aliphatic rings. The fraction of sp³-hybridized carbons (Fsp3) is 0.444. The number of rotatable bonds is 2. The minimum absolute atomic E-state index is 0.323. The van der Waals surface area contributed by atoms with E-state index in [1.165, 1.54) is 6.20 Å². The summed E-state index contributed by atoms with van der Waals surface area (Å²) in [4.78, 5) is 16.0. The zero-order valence-corrected chi connectivity index (χ0v) is 9.67. The molecule has 0 bridgehead atoms. The molecule has 0 aromatic carbocycles. The van der Waals surface area contributed by atoms with Gasteiger partial charge in [0.15, 0.2) is 0 Å². The lowest BCUT2D eigenvalue weighted by Gasteiger charge is -2.29. The smallest absolute Gasteiger partial charge is 0.339 e. The van der Waals surface area contributed by atoms with Gasteiger partial charge in [0.25, 0.3) is 0 Å². The Balaban J connectivity index is 2.32. The zero-order valence-electron chi connectivity index (χ0n) is 8.09. The van der Waals surface area contributed by atoms with Crippen LogP contribution in [-0.2, 0) is 0 Å². The molecule has 15 heavy (non-hydrogen) atoms. The number of aromatic nitrogens is 1. The lowest BCUT2D eigenvalue weighted by molar-refractivity contribution is 0.0697. The maximum Gasteiger partial charge on any atom is 0.339 e. The van der Waals surface area contributed by atoms with Crippen molar-refractivity contribution in [3.8, 4) is 0 Å². The number of H-pyrrole nitrogens is 1. The number of aromatic amines is 1. The number of halogens is 1. The Bertz CT molecular complexity index is 371. The van der Waals surface area contributed by atoms with Crippen molar-refractivity contribution in [1.82, 2.24) is 10.3 Å². The van der Waals surface area contributed by atoms with Gasteiger partial charge in [0, 0.05) is 32.4 Å². The quantitative estimate of drug-likeness (QED) is 0.749. The summed E-state index contributed by atoms with van der Waals surface area (Å²) in [6.07, 6.45) is 1.52. The Morgan fingerprint density at radius 1 is 1.47 bits per heavy atom. The largest absolute Gasteiger partial charge is 0.478 e. The first-order valence-electron chi connectivity index (χ1n) is 4.76. The lowest BCUT2D eigenvalue weighted by Crippen LogP contribution is -2.44. The van der Waals surface area contributed by atoms with Gasteiger partial charge >= 0.3 is 5.97 Å². The van der Waals surface area contributed by atoms with Gasteiger partial charge in [0.1, 0.15) is 10.2 Å². The second-order valence-corrected chi connectivity index (χ2v) is 4.20. The first kappa shape index (κ1) is 10.5. The van der Waals surface area contributed by atoms with Crippen LogP contribution in [0.2, 0.25) is 0 Å². The number of anilines is 1. The van der Waals surface area contributed by atoms with Crippen LogP contribution >= 0.6 is 15.9 Å². The maximum atomic E-state index is 11.0. The fourth-order valence-electron chi connectivity index (χ4n) is 1.75. The molecule has 0 aliphatic carbocycles. The van der Waals surface area contributed by atoms with Gasteiger partial charge in [0.2, 0.25) is 0 Å². The molecule has 1 aromatic rings. The number of carboxylic acid groups (broad SMARTS) is 1. The maximum absolute atomic E-state index is 11.0. The fourth-order valence-corrected chi connectivity index (χ4v) is 2.33. The number of hydrogen-bond acceptors (Lipinski definition) is 3. The molecule has 0 radical (unpaired) electrons. The van der Waals surface area contributed by atoms with E-state index in [4.69, 9.17) is 5.11 Å². The summed E-state index contributed by atoms with van der Waals surface area (Å²) in [6.45, 7) is 3.43. The Morgan fingerprint density at radius 3 is 2.73 bits per heavy atom. The predicted octanol–water partition coefficient (Wildman–Crippen LogP) is 0.885. The molecule has 3 N–H and O–H groups in total. The van der Waals surface area contributed by atoms with Gasteiger partial charge in [0.05, 0.1) is 5.69 Å². The number of nitrogens with zero attached hydrogens (tertiary/aromatic N) is 1. The van der Waals surface area contributed by atoms with Crippen LogP contribution < -0.4 is 10.2 Å². The standard InChI is InChI=1S/C9H12BrN3O2/c10-8-7(6(5-12-8)9(14)15)13-3-1-11-2-4-13/h5,11-12H,1-4H2,(H,14,15). The number of carboxylic acids is 1. The Hall–Kier alpha value is -1.01. The second-order valence-electron chi connectivity index (χ2n) is 3.41. The van der Waals surface area contributed by atoms with Crippen molar-refractivity contribution in [3.05, 3.63) is 16.4 Å². The molecule has 0 saturated carbocycles. The predicted molar refractivity (Wildman–Crippen MR) is 60.5 cm³/mol. The third kappa shape index (κ3) is 2.00. The summed E-state index contributed by atoms with van der Waals surface area (Å²) < 4.78 is 0.738. The van der Waals surface area contributed by atoms with Crippen molar-refractivity contribution >= 4 is 27.6 Å². The SMILES string of the molecule is O=C(O)c1c[nH]c(Br)c1N1CCNCC1. The van der Waals surface area contributed by atoms with Crippen molar-refractivity contribution in [1.29, 1.82) is 0 Å². The van der Waals surface area contributed by atoms with E-state index in [0.29, 0.717) is 5.56 Å². The average Bonchev–Trinajstić information content (AvgIpc) is 2.61. The zero-order chi connectivity index (χ0) is 10.8. The van der Waals surface area contributed by atoms with Gasteiger partial charge in [-0.05, 0) is 15.9 Å². The van der Waals surface area contributed by atoms with Crippen molar-refractivity contribution in [2.45, 2.75) is 0 Å². The van der Waals surface area contributed by atoms with E-state index in [1.54, 1.807) is 0 Å².